The molecule has 2 aromatic carbocycles. The molecule has 28 heavy (non-hydrogen) atoms. The van der Waals surface area contributed by atoms with Crippen LogP contribution >= 0.6 is 0 Å². The van der Waals surface area contributed by atoms with Crippen LogP contribution in [0.15, 0.2) is 54.6 Å². The van der Waals surface area contributed by atoms with E-state index in [0.29, 0.717) is 35.1 Å². The van der Waals surface area contributed by atoms with Crippen molar-refractivity contribution >= 4 is 23.0 Å². The van der Waals surface area contributed by atoms with Crippen LogP contribution < -0.4 is 16.4 Å². The molecule has 0 unspecified atom stereocenters. The van der Waals surface area contributed by atoms with Crippen LogP contribution in [0, 0.1) is 23.5 Å². The van der Waals surface area contributed by atoms with E-state index in [4.69, 9.17) is 5.73 Å². The monoisotopic (exact) mass is 378 g/mol. The first-order valence-electron chi connectivity index (χ1n) is 8.89. The Balaban J connectivity index is 1.91. The summed E-state index contributed by atoms with van der Waals surface area (Å²) in [4.78, 5) is 4.52. The van der Waals surface area contributed by atoms with Crippen LogP contribution in [0.4, 0.5) is 31.8 Å². The summed E-state index contributed by atoms with van der Waals surface area (Å²) in [5.74, 6) is 6.11. The molecule has 0 saturated heterocycles. The highest BCUT2D eigenvalue weighted by molar-refractivity contribution is 5.64. The predicted octanol–water partition coefficient (Wildman–Crippen LogP) is 4.91. The van der Waals surface area contributed by atoms with Crippen molar-refractivity contribution in [3.8, 4) is 11.8 Å². The van der Waals surface area contributed by atoms with Crippen molar-refractivity contribution in [2.75, 3.05) is 22.9 Å². The zero-order valence-electron chi connectivity index (χ0n) is 15.4. The lowest BCUT2D eigenvalue weighted by atomic mass is 10.1. The molecule has 0 spiro atoms. The summed E-state index contributed by atoms with van der Waals surface area (Å²) in [6.07, 6.45) is 0.903. The van der Waals surface area contributed by atoms with Crippen LogP contribution in [0.2, 0.25) is 0 Å². The lowest BCUT2D eigenvalue weighted by Crippen LogP contribution is -2.06. The Hall–Kier alpha value is -3.59. The molecular formula is C22H20F2N4. The lowest BCUT2D eigenvalue weighted by molar-refractivity contribution is 0.624. The lowest BCUT2D eigenvalue weighted by Gasteiger charge is -2.11. The minimum atomic E-state index is -0.429. The van der Waals surface area contributed by atoms with Gasteiger partial charge in [-0.25, -0.2) is 13.8 Å². The summed E-state index contributed by atoms with van der Waals surface area (Å²) >= 11 is 0. The van der Waals surface area contributed by atoms with Gasteiger partial charge in [0.15, 0.2) is 0 Å². The van der Waals surface area contributed by atoms with E-state index < -0.39 is 5.82 Å². The SMILES string of the molecule is CCCNc1nc(Nc2cccc(F)c2)ccc1C#Cc1cc(N)ccc1F. The number of nitrogens with two attached hydrogens (primary N) is 1. The average molecular weight is 378 g/mol. The van der Waals surface area contributed by atoms with Gasteiger partial charge in [-0.15, -0.1) is 0 Å². The Morgan fingerprint density at radius 2 is 1.82 bits per heavy atom. The Morgan fingerprint density at radius 1 is 1.00 bits per heavy atom. The largest absolute Gasteiger partial charge is 0.399 e. The van der Waals surface area contributed by atoms with Crippen molar-refractivity contribution in [2.24, 2.45) is 0 Å². The number of hydrogen-bond donors (Lipinski definition) is 3. The number of aromatic nitrogens is 1. The summed E-state index contributed by atoms with van der Waals surface area (Å²) in [7, 11) is 0. The Kier molecular flexibility index (Phi) is 6.07. The summed E-state index contributed by atoms with van der Waals surface area (Å²) in [6, 6.07) is 13.9. The van der Waals surface area contributed by atoms with Crippen LogP contribution in [0.5, 0.6) is 0 Å². The van der Waals surface area contributed by atoms with Crippen molar-refractivity contribution in [2.45, 2.75) is 13.3 Å². The van der Waals surface area contributed by atoms with Gasteiger partial charge in [-0.3, -0.25) is 0 Å². The number of rotatable bonds is 5. The first kappa shape index (κ1) is 19.2. The maximum absolute atomic E-state index is 13.9. The van der Waals surface area contributed by atoms with Gasteiger partial charge in [0.1, 0.15) is 23.3 Å². The van der Waals surface area contributed by atoms with E-state index in [9.17, 15) is 8.78 Å². The van der Waals surface area contributed by atoms with Gasteiger partial charge in [0.05, 0.1) is 11.1 Å². The number of hydrogen-bond acceptors (Lipinski definition) is 4. The van der Waals surface area contributed by atoms with Gasteiger partial charge in [0.25, 0.3) is 0 Å². The van der Waals surface area contributed by atoms with E-state index in [-0.39, 0.29) is 11.4 Å². The van der Waals surface area contributed by atoms with Crippen molar-refractivity contribution in [1.29, 1.82) is 0 Å². The molecule has 0 aliphatic carbocycles. The molecule has 4 nitrogen and oxygen atoms in total. The molecule has 3 aromatic rings. The predicted molar refractivity (Wildman–Crippen MR) is 109 cm³/mol. The second-order valence-corrected chi connectivity index (χ2v) is 6.14. The first-order chi connectivity index (χ1) is 13.5. The quantitative estimate of drug-likeness (QED) is 0.436. The smallest absolute Gasteiger partial charge is 0.144 e. The van der Waals surface area contributed by atoms with Gasteiger partial charge in [0, 0.05) is 17.9 Å². The van der Waals surface area contributed by atoms with Crippen molar-refractivity contribution < 1.29 is 8.78 Å². The number of nitrogen functional groups attached to an aromatic ring is 1. The Bertz CT molecular complexity index is 1040. The summed E-state index contributed by atoms with van der Waals surface area (Å²) < 4.78 is 27.3. The fourth-order valence-corrected chi connectivity index (χ4v) is 2.50. The molecule has 0 saturated carbocycles. The van der Waals surface area contributed by atoms with Crippen molar-refractivity contribution in [1.82, 2.24) is 4.98 Å². The van der Waals surface area contributed by atoms with Crippen LogP contribution in [0.25, 0.3) is 0 Å². The number of anilines is 4. The van der Waals surface area contributed by atoms with Gasteiger partial charge in [0.2, 0.25) is 0 Å². The zero-order chi connectivity index (χ0) is 19.9. The van der Waals surface area contributed by atoms with Crippen LogP contribution in [-0.4, -0.2) is 11.5 Å². The van der Waals surface area contributed by atoms with Gasteiger partial charge >= 0.3 is 0 Å². The normalized spacial score (nSPS) is 10.1. The first-order valence-corrected chi connectivity index (χ1v) is 8.89. The van der Waals surface area contributed by atoms with Crippen LogP contribution in [-0.2, 0) is 0 Å². The molecule has 0 amide bonds. The summed E-state index contributed by atoms with van der Waals surface area (Å²) in [5.41, 5.74) is 7.59. The van der Waals surface area contributed by atoms with E-state index in [0.717, 1.165) is 6.42 Å². The van der Waals surface area contributed by atoms with Gasteiger partial charge in [-0.2, -0.15) is 0 Å². The van der Waals surface area contributed by atoms with Crippen LogP contribution in [0.1, 0.15) is 24.5 Å². The summed E-state index contributed by atoms with van der Waals surface area (Å²) in [5, 5.41) is 6.28. The third kappa shape index (κ3) is 4.98. The second kappa shape index (κ2) is 8.87. The molecule has 1 aromatic heterocycles. The molecular weight excluding hydrogens is 358 g/mol. The maximum atomic E-state index is 13.9. The van der Waals surface area contributed by atoms with E-state index in [1.807, 2.05) is 6.92 Å². The highest BCUT2D eigenvalue weighted by Gasteiger charge is 2.06. The number of pyridine rings is 1. The molecule has 0 aliphatic heterocycles. The molecule has 142 valence electrons. The molecule has 6 heteroatoms. The standard InChI is InChI=1S/C22H20F2N4/c1-2-12-26-22-15(6-7-16-13-18(25)9-10-20(16)24)8-11-21(28-22)27-19-5-3-4-17(23)14-19/h3-5,8-11,13-14H,2,12,25H2,1H3,(H2,26,27,28). The molecule has 0 atom stereocenters. The molecule has 0 radical (unpaired) electrons. The molecule has 0 aliphatic rings. The zero-order valence-corrected chi connectivity index (χ0v) is 15.4. The number of nitrogens with zero attached hydrogens (tertiary/aromatic N) is 1. The number of halogens is 2. The molecule has 4 N–H and O–H groups in total. The van der Waals surface area contributed by atoms with Crippen molar-refractivity contribution in [3.63, 3.8) is 0 Å². The minimum Gasteiger partial charge on any atom is -0.399 e. The van der Waals surface area contributed by atoms with Gasteiger partial charge in [-0.1, -0.05) is 24.8 Å². The second-order valence-electron chi connectivity index (χ2n) is 6.14. The average Bonchev–Trinajstić information content (AvgIpc) is 2.68. The maximum Gasteiger partial charge on any atom is 0.144 e. The van der Waals surface area contributed by atoms with E-state index >= 15 is 0 Å². The molecule has 1 heterocycles. The van der Waals surface area contributed by atoms with E-state index in [1.165, 1.54) is 30.3 Å². The van der Waals surface area contributed by atoms with E-state index in [2.05, 4.69) is 27.5 Å². The number of benzene rings is 2. The highest BCUT2D eigenvalue weighted by Crippen LogP contribution is 2.20. The van der Waals surface area contributed by atoms with Gasteiger partial charge < -0.3 is 16.4 Å². The van der Waals surface area contributed by atoms with E-state index in [1.54, 1.807) is 24.3 Å². The van der Waals surface area contributed by atoms with Gasteiger partial charge in [-0.05, 0) is 55.0 Å². The fourth-order valence-electron chi connectivity index (χ4n) is 2.50. The molecule has 0 fully saturated rings. The highest BCUT2D eigenvalue weighted by atomic mass is 19.1. The fraction of sp³-hybridized carbons (Fsp3) is 0.136. The molecule has 3 rings (SSSR count). The van der Waals surface area contributed by atoms with Crippen LogP contribution in [0.3, 0.4) is 0 Å². The topological polar surface area (TPSA) is 63.0 Å². The minimum absolute atomic E-state index is 0.225. The third-order valence-corrected chi connectivity index (χ3v) is 3.86. The Morgan fingerprint density at radius 3 is 2.61 bits per heavy atom. The number of nitrogens with one attached hydrogen (secondary N) is 2. The third-order valence-electron chi connectivity index (χ3n) is 3.86. The van der Waals surface area contributed by atoms with Crippen molar-refractivity contribution in [3.05, 3.63) is 77.4 Å². The molecule has 0 bridgehead atoms. The summed E-state index contributed by atoms with van der Waals surface area (Å²) in [6.45, 7) is 2.74. The Labute approximate surface area is 162 Å².